The highest BCUT2D eigenvalue weighted by Crippen LogP contribution is 2.13. The largest absolute Gasteiger partial charge is 0.480 e. The van der Waals surface area contributed by atoms with E-state index in [2.05, 4.69) is 18.7 Å². The molecular weight excluding hydrogens is 206 g/mol. The Kier molecular flexibility index (Phi) is 5.18. The summed E-state index contributed by atoms with van der Waals surface area (Å²) in [6.45, 7) is 8.35. The smallest absolute Gasteiger partial charge is 0.320 e. The predicted molar refractivity (Wildman–Crippen MR) is 63.4 cm³/mol. The van der Waals surface area contributed by atoms with Crippen LogP contribution in [0.5, 0.6) is 0 Å². The van der Waals surface area contributed by atoms with Crippen molar-refractivity contribution in [2.45, 2.75) is 32.4 Å². The van der Waals surface area contributed by atoms with Crippen LogP contribution < -0.4 is 5.73 Å². The lowest BCUT2D eigenvalue weighted by Gasteiger charge is -2.41. The molecule has 0 spiro atoms. The van der Waals surface area contributed by atoms with Gasteiger partial charge in [0.15, 0.2) is 0 Å². The minimum absolute atomic E-state index is 0.411. The lowest BCUT2D eigenvalue weighted by atomic mass is 10.1. The third-order valence-electron chi connectivity index (χ3n) is 3.37. The molecule has 0 aromatic carbocycles. The molecule has 1 fully saturated rings. The van der Waals surface area contributed by atoms with E-state index in [0.717, 1.165) is 26.2 Å². The Balaban J connectivity index is 2.57. The summed E-state index contributed by atoms with van der Waals surface area (Å²) in [5.74, 6) is -0.748. The normalized spacial score (nSPS) is 25.6. The number of carboxylic acids is 1. The number of hydrogen-bond donors (Lipinski definition) is 2. The Morgan fingerprint density at radius 1 is 1.56 bits per heavy atom. The van der Waals surface area contributed by atoms with Crippen LogP contribution in [-0.2, 0) is 4.79 Å². The average molecular weight is 229 g/mol. The number of hydrogen-bond acceptors (Lipinski definition) is 4. The average Bonchev–Trinajstić information content (AvgIpc) is 2.25. The summed E-state index contributed by atoms with van der Waals surface area (Å²) in [7, 11) is 0. The van der Waals surface area contributed by atoms with Crippen LogP contribution in [0.3, 0.4) is 0 Å². The van der Waals surface area contributed by atoms with Crippen LogP contribution in [0.1, 0.15) is 20.3 Å². The lowest BCUT2D eigenvalue weighted by Crippen LogP contribution is -2.56. The zero-order chi connectivity index (χ0) is 12.1. The number of aliphatic carboxylic acids is 1. The summed E-state index contributed by atoms with van der Waals surface area (Å²) in [5.41, 5.74) is 5.46. The second-order valence-electron chi connectivity index (χ2n) is 4.40. The Morgan fingerprint density at radius 2 is 2.25 bits per heavy atom. The number of rotatable bonds is 5. The van der Waals surface area contributed by atoms with Gasteiger partial charge in [-0.15, -0.1) is 0 Å². The van der Waals surface area contributed by atoms with Gasteiger partial charge >= 0.3 is 5.97 Å². The van der Waals surface area contributed by atoms with Gasteiger partial charge in [0, 0.05) is 25.7 Å². The van der Waals surface area contributed by atoms with Crippen LogP contribution in [0.15, 0.2) is 0 Å². The van der Waals surface area contributed by atoms with Crippen LogP contribution in [0, 0.1) is 0 Å². The summed E-state index contributed by atoms with van der Waals surface area (Å²) in [6, 6.07) is 0.0184. The van der Waals surface area contributed by atoms with Crippen molar-refractivity contribution in [2.75, 3.05) is 32.7 Å². The summed E-state index contributed by atoms with van der Waals surface area (Å²) >= 11 is 0. The van der Waals surface area contributed by atoms with Gasteiger partial charge in [0.25, 0.3) is 0 Å². The van der Waals surface area contributed by atoms with Gasteiger partial charge in [-0.1, -0.05) is 6.92 Å². The van der Waals surface area contributed by atoms with E-state index in [0.29, 0.717) is 19.0 Å². The minimum Gasteiger partial charge on any atom is -0.480 e. The maximum absolute atomic E-state index is 11.1. The molecule has 16 heavy (non-hydrogen) atoms. The number of carboxylic acid groups (broad SMARTS) is 1. The summed E-state index contributed by atoms with van der Waals surface area (Å²) < 4.78 is 0. The van der Waals surface area contributed by atoms with E-state index in [9.17, 15) is 4.79 Å². The van der Waals surface area contributed by atoms with Gasteiger partial charge in [-0.05, 0) is 26.4 Å². The third kappa shape index (κ3) is 3.17. The standard InChI is InChI=1S/C11H23N3O2/c1-3-13-6-7-14(8-9(13)2)10(4-5-12)11(15)16/h9-10H,3-8,12H2,1-2H3,(H,15,16). The molecule has 2 unspecified atom stereocenters. The second kappa shape index (κ2) is 6.18. The van der Waals surface area contributed by atoms with Gasteiger partial charge in [-0.3, -0.25) is 14.6 Å². The second-order valence-corrected chi connectivity index (χ2v) is 4.40. The van der Waals surface area contributed by atoms with Crippen LogP contribution in [-0.4, -0.2) is 65.7 Å². The predicted octanol–water partition coefficient (Wildman–Crippen LogP) is -0.186. The molecule has 2 atom stereocenters. The monoisotopic (exact) mass is 229 g/mol. The molecule has 5 heteroatoms. The van der Waals surface area contributed by atoms with Crippen LogP contribution in [0.2, 0.25) is 0 Å². The fourth-order valence-corrected chi connectivity index (χ4v) is 2.40. The first-order valence-electron chi connectivity index (χ1n) is 6.01. The van der Waals surface area contributed by atoms with E-state index >= 15 is 0 Å². The molecule has 1 heterocycles. The molecule has 0 bridgehead atoms. The number of nitrogens with zero attached hydrogens (tertiary/aromatic N) is 2. The summed E-state index contributed by atoms with van der Waals surface area (Å²) in [6.07, 6.45) is 0.536. The number of likely N-dealkylation sites (N-methyl/N-ethyl adjacent to an activating group) is 1. The van der Waals surface area contributed by atoms with Crippen LogP contribution in [0.4, 0.5) is 0 Å². The molecule has 0 amide bonds. The Bertz CT molecular complexity index is 235. The van der Waals surface area contributed by atoms with Crippen molar-refractivity contribution < 1.29 is 9.90 Å². The molecule has 1 saturated heterocycles. The number of carbonyl (C=O) groups is 1. The van der Waals surface area contributed by atoms with Crippen molar-refractivity contribution in [3.63, 3.8) is 0 Å². The first kappa shape index (κ1) is 13.4. The van der Waals surface area contributed by atoms with Crippen molar-refractivity contribution in [3.8, 4) is 0 Å². The van der Waals surface area contributed by atoms with Gasteiger partial charge in [0.05, 0.1) is 0 Å². The van der Waals surface area contributed by atoms with E-state index in [1.54, 1.807) is 0 Å². The van der Waals surface area contributed by atoms with Crippen molar-refractivity contribution in [1.82, 2.24) is 9.80 Å². The quantitative estimate of drug-likeness (QED) is 0.684. The molecule has 0 aromatic heterocycles. The Hall–Kier alpha value is -0.650. The zero-order valence-electron chi connectivity index (χ0n) is 10.2. The summed E-state index contributed by atoms with van der Waals surface area (Å²) in [5, 5.41) is 9.16. The van der Waals surface area contributed by atoms with Crippen molar-refractivity contribution in [2.24, 2.45) is 5.73 Å². The maximum Gasteiger partial charge on any atom is 0.320 e. The fraction of sp³-hybridized carbons (Fsp3) is 0.909. The van der Waals surface area contributed by atoms with E-state index in [4.69, 9.17) is 10.8 Å². The number of nitrogens with two attached hydrogens (primary N) is 1. The zero-order valence-corrected chi connectivity index (χ0v) is 10.2. The minimum atomic E-state index is -0.748. The SMILES string of the molecule is CCN1CCN(C(CCN)C(=O)O)CC1C. The molecule has 0 saturated carbocycles. The Labute approximate surface area is 97.2 Å². The molecule has 0 aromatic rings. The topological polar surface area (TPSA) is 69.8 Å². The first-order valence-corrected chi connectivity index (χ1v) is 6.01. The summed E-state index contributed by atoms with van der Waals surface area (Å²) in [4.78, 5) is 15.6. The van der Waals surface area contributed by atoms with E-state index in [1.807, 2.05) is 4.90 Å². The molecule has 0 radical (unpaired) electrons. The van der Waals surface area contributed by atoms with Crippen molar-refractivity contribution >= 4 is 5.97 Å². The van der Waals surface area contributed by atoms with E-state index < -0.39 is 12.0 Å². The van der Waals surface area contributed by atoms with Crippen molar-refractivity contribution in [3.05, 3.63) is 0 Å². The van der Waals surface area contributed by atoms with Crippen LogP contribution in [0.25, 0.3) is 0 Å². The van der Waals surface area contributed by atoms with E-state index in [-0.39, 0.29) is 0 Å². The highest BCUT2D eigenvalue weighted by atomic mass is 16.4. The maximum atomic E-state index is 11.1. The van der Waals surface area contributed by atoms with Gasteiger partial charge in [0.1, 0.15) is 6.04 Å². The number of piperazine rings is 1. The molecule has 94 valence electrons. The van der Waals surface area contributed by atoms with Crippen molar-refractivity contribution in [1.29, 1.82) is 0 Å². The Morgan fingerprint density at radius 3 is 2.69 bits per heavy atom. The molecule has 3 N–H and O–H groups in total. The molecule has 1 aliphatic heterocycles. The van der Waals surface area contributed by atoms with Crippen LogP contribution >= 0.6 is 0 Å². The van der Waals surface area contributed by atoms with E-state index in [1.165, 1.54) is 0 Å². The highest BCUT2D eigenvalue weighted by Gasteiger charge is 2.30. The third-order valence-corrected chi connectivity index (χ3v) is 3.37. The first-order chi connectivity index (χ1) is 7.60. The molecule has 1 aliphatic rings. The van der Waals surface area contributed by atoms with Gasteiger partial charge in [-0.2, -0.15) is 0 Å². The molecule has 1 rings (SSSR count). The molecule has 5 nitrogen and oxygen atoms in total. The lowest BCUT2D eigenvalue weighted by molar-refractivity contribution is -0.144. The fourth-order valence-electron chi connectivity index (χ4n) is 2.40. The van der Waals surface area contributed by atoms with Gasteiger partial charge in [0.2, 0.25) is 0 Å². The van der Waals surface area contributed by atoms with Gasteiger partial charge < -0.3 is 10.8 Å². The molecular formula is C11H23N3O2. The highest BCUT2D eigenvalue weighted by molar-refractivity contribution is 5.73. The molecule has 0 aliphatic carbocycles. The van der Waals surface area contributed by atoms with Gasteiger partial charge in [-0.25, -0.2) is 0 Å².